The second kappa shape index (κ2) is 107. The quantitative estimate of drug-likeness (QED) is 0.421. The van der Waals surface area contributed by atoms with Crippen LogP contribution in [0, 0.1) is 0 Å². The molecule has 16 heavy (non-hydrogen) atoms. The summed E-state index contributed by atoms with van der Waals surface area (Å²) in [4.78, 5) is 0. The van der Waals surface area contributed by atoms with Crippen molar-refractivity contribution in [2.75, 3.05) is 33.0 Å². The number of rotatable bonds is 0. The van der Waals surface area contributed by atoms with Crippen molar-refractivity contribution in [2.45, 2.75) is 34.6 Å². The first kappa shape index (κ1) is 36.0. The van der Waals surface area contributed by atoms with Crippen molar-refractivity contribution >= 4 is 0 Å². The molecular weight excluding hydrogens is 381 g/mol. The van der Waals surface area contributed by atoms with Crippen LogP contribution < -0.4 is 25.5 Å². The van der Waals surface area contributed by atoms with E-state index in [1.165, 1.54) is 0 Å². The van der Waals surface area contributed by atoms with Crippen molar-refractivity contribution in [2.24, 2.45) is 0 Å². The van der Waals surface area contributed by atoms with Crippen molar-refractivity contribution in [3.8, 4) is 0 Å². The molecule has 0 aliphatic heterocycles. The van der Waals surface area contributed by atoms with E-state index in [2.05, 4.69) is 0 Å². The first-order valence-electron chi connectivity index (χ1n) is 4.98. The monoisotopic (exact) mass is 406 g/mol. The third-order valence-corrected chi connectivity index (χ3v) is 0. The van der Waals surface area contributed by atoms with Gasteiger partial charge in [0.25, 0.3) is 0 Å². The van der Waals surface area contributed by atoms with E-state index in [0.717, 1.165) is 0 Å². The third-order valence-electron chi connectivity index (χ3n) is 0. The van der Waals surface area contributed by atoms with Crippen molar-refractivity contribution in [1.82, 2.24) is 0 Å². The maximum absolute atomic E-state index is 8.93. The molecule has 0 atom stereocenters. The number of hydrogen-bond acceptors (Lipinski definition) is 5. The second-order valence-electron chi connectivity index (χ2n) is 1.44. The fourth-order valence-electron chi connectivity index (χ4n) is 0. The summed E-state index contributed by atoms with van der Waals surface area (Å²) in [5.74, 6) is 0. The van der Waals surface area contributed by atoms with Crippen LogP contribution in [-0.4, -0.2) is 33.0 Å². The Bertz CT molecular complexity index is 30.8. The van der Waals surface area contributed by atoms with Crippen molar-refractivity contribution in [3.05, 3.63) is 0 Å². The largest absolute Gasteiger partial charge is 5.00 e. The Labute approximate surface area is 116 Å². The predicted octanol–water partition coefficient (Wildman–Crippen LogP) is -3.17. The van der Waals surface area contributed by atoms with Crippen molar-refractivity contribution in [3.63, 3.8) is 0 Å². The van der Waals surface area contributed by atoms with Crippen molar-refractivity contribution < 1.29 is 47.9 Å². The normalized spacial score (nSPS) is 5.62. The van der Waals surface area contributed by atoms with E-state index in [4.69, 9.17) is 25.5 Å². The Balaban J connectivity index is -0.0000000192. The minimum Gasteiger partial charge on any atom is -0.855 e. The average Bonchev–Trinajstić information content (AvgIpc) is 2.09. The molecule has 0 heterocycles. The van der Waals surface area contributed by atoms with Gasteiger partial charge in [0.2, 0.25) is 0 Å². The van der Waals surface area contributed by atoms with Crippen LogP contribution in [-0.2, 0) is 22.4 Å². The van der Waals surface area contributed by atoms with Crippen LogP contribution in [0.1, 0.15) is 34.6 Å². The van der Waals surface area contributed by atoms with Gasteiger partial charge in [-0.2, -0.15) is 0 Å². The van der Waals surface area contributed by atoms with Crippen molar-refractivity contribution in [1.29, 1.82) is 0 Å². The molecule has 0 aromatic heterocycles. The molecule has 0 aliphatic rings. The summed E-state index contributed by atoms with van der Waals surface area (Å²) in [6.45, 7) is 7.85. The van der Waals surface area contributed by atoms with Gasteiger partial charge in [-0.15, -0.1) is 33.0 Å². The average molecular weight is 406 g/mol. The van der Waals surface area contributed by atoms with E-state index < -0.39 is 0 Å². The summed E-state index contributed by atoms with van der Waals surface area (Å²) in [5.41, 5.74) is 0. The molecule has 0 aromatic carbocycles. The van der Waals surface area contributed by atoms with Gasteiger partial charge in [0.15, 0.2) is 0 Å². The van der Waals surface area contributed by atoms with E-state index in [1.54, 1.807) is 34.6 Å². The van der Waals surface area contributed by atoms with E-state index in [1.807, 2.05) is 0 Å². The van der Waals surface area contributed by atoms with Gasteiger partial charge in [0.1, 0.15) is 0 Å². The zero-order valence-corrected chi connectivity index (χ0v) is 14.2. The van der Waals surface area contributed by atoms with Gasteiger partial charge in [-0.05, 0) is 0 Å². The van der Waals surface area contributed by atoms with Gasteiger partial charge in [0, 0.05) is 0 Å². The molecule has 6 heteroatoms. The topological polar surface area (TPSA) is 115 Å². The Morgan fingerprint density at radius 1 is 0.438 bits per heavy atom. The Morgan fingerprint density at radius 3 is 0.438 bits per heavy atom. The minimum atomic E-state index is 0. The third kappa shape index (κ3) is 9130. The summed E-state index contributed by atoms with van der Waals surface area (Å²) >= 11 is 0. The Kier molecular flexibility index (Phi) is 241. The maximum Gasteiger partial charge on any atom is 5.00 e. The van der Waals surface area contributed by atoms with E-state index in [-0.39, 0.29) is 55.4 Å². The molecule has 0 bridgehead atoms. The molecule has 0 radical (unpaired) electrons. The maximum atomic E-state index is 8.93. The summed E-state index contributed by atoms with van der Waals surface area (Å²) in [6, 6.07) is 0. The van der Waals surface area contributed by atoms with Crippen LogP contribution in [0.3, 0.4) is 0 Å². The van der Waals surface area contributed by atoms with Crippen LogP contribution in [0.25, 0.3) is 0 Å². The molecular formula is C10H25O5Ta. The molecule has 0 saturated carbocycles. The molecule has 0 N–H and O–H groups in total. The van der Waals surface area contributed by atoms with Crippen LogP contribution in [0.2, 0.25) is 0 Å². The van der Waals surface area contributed by atoms with Gasteiger partial charge in [-0.1, -0.05) is 34.6 Å². The van der Waals surface area contributed by atoms with Crippen LogP contribution in [0.4, 0.5) is 0 Å². The molecule has 0 fully saturated rings. The number of hydrogen-bond donors (Lipinski definition) is 0. The second-order valence-corrected chi connectivity index (χ2v) is 1.44. The Morgan fingerprint density at radius 2 is 0.438 bits per heavy atom. The molecule has 0 unspecified atom stereocenters. The smallest absolute Gasteiger partial charge is 0.855 e. The molecule has 0 rings (SSSR count). The molecule has 100 valence electrons. The Hall–Kier alpha value is 0.540. The first-order chi connectivity index (χ1) is 7.07. The van der Waals surface area contributed by atoms with Crippen LogP contribution >= 0.6 is 0 Å². The van der Waals surface area contributed by atoms with Gasteiger partial charge in [-0.3, -0.25) is 0 Å². The summed E-state index contributed by atoms with van der Waals surface area (Å²) in [7, 11) is 0. The van der Waals surface area contributed by atoms with E-state index in [0.29, 0.717) is 0 Å². The summed E-state index contributed by atoms with van der Waals surface area (Å²) in [6.07, 6.45) is 0. The molecule has 0 saturated heterocycles. The van der Waals surface area contributed by atoms with Gasteiger partial charge in [-0.25, -0.2) is 0 Å². The summed E-state index contributed by atoms with van der Waals surface area (Å²) in [5, 5.41) is 44.7. The van der Waals surface area contributed by atoms with Gasteiger partial charge < -0.3 is 25.5 Å². The van der Waals surface area contributed by atoms with E-state index in [9.17, 15) is 0 Å². The van der Waals surface area contributed by atoms with Crippen LogP contribution in [0.15, 0.2) is 0 Å². The zero-order chi connectivity index (χ0) is 13.5. The van der Waals surface area contributed by atoms with Crippen LogP contribution in [0.5, 0.6) is 0 Å². The summed E-state index contributed by atoms with van der Waals surface area (Å²) < 4.78 is 0. The molecule has 5 nitrogen and oxygen atoms in total. The first-order valence-corrected chi connectivity index (χ1v) is 4.98. The van der Waals surface area contributed by atoms with Gasteiger partial charge in [0.05, 0.1) is 0 Å². The predicted molar refractivity (Wildman–Crippen MR) is 52.7 cm³/mol. The fraction of sp³-hybridized carbons (Fsp3) is 1.00. The zero-order valence-electron chi connectivity index (χ0n) is 11.0. The SMILES string of the molecule is CC[O-].CC[O-].CC[O-].CC[O-].CC[O-].[Ta+5]. The fourth-order valence-corrected chi connectivity index (χ4v) is 0. The minimum absolute atomic E-state index is 0. The van der Waals surface area contributed by atoms with E-state index >= 15 is 0 Å². The van der Waals surface area contributed by atoms with Gasteiger partial charge >= 0.3 is 22.4 Å². The molecule has 0 aromatic rings. The molecule has 0 aliphatic carbocycles. The standard InChI is InChI=1S/5C2H5O.Ta/c5*1-2-3;/h5*2H2,1H3;/q5*-1;+5. The molecule has 0 amide bonds. The molecule has 0 spiro atoms.